The second-order valence-electron chi connectivity index (χ2n) is 11.4. The van der Waals surface area contributed by atoms with Crippen LogP contribution in [0.1, 0.15) is 6.85 Å². The van der Waals surface area contributed by atoms with Gasteiger partial charge in [-0.25, -0.2) is 4.98 Å². The Morgan fingerprint density at radius 3 is 1.77 bits per heavy atom. The average Bonchev–Trinajstić information content (AvgIpc) is 3.58. The molecule has 0 aliphatic heterocycles. The van der Waals surface area contributed by atoms with Crippen molar-refractivity contribution in [2.45, 2.75) is 0 Å². The molecule has 9 aromatic rings. The van der Waals surface area contributed by atoms with Crippen molar-refractivity contribution in [3.8, 4) is 50.6 Å². The van der Waals surface area contributed by atoms with Gasteiger partial charge in [0.1, 0.15) is 5.82 Å². The van der Waals surface area contributed by atoms with E-state index < -0.39 is 18.1 Å². The van der Waals surface area contributed by atoms with Gasteiger partial charge in [0.15, 0.2) is 0 Å². The normalized spacial score (nSPS) is 12.9. The van der Waals surface area contributed by atoms with E-state index in [0.717, 1.165) is 66.3 Å². The highest BCUT2D eigenvalue weighted by Crippen LogP contribution is 2.44. The monoisotopic (exact) mass is 604 g/mol. The van der Waals surface area contributed by atoms with Gasteiger partial charge in [-0.3, -0.25) is 9.55 Å². The van der Waals surface area contributed by atoms with Crippen molar-refractivity contribution in [2.24, 2.45) is 0 Å². The third-order valence-corrected chi connectivity index (χ3v) is 8.72. The molecule has 3 nitrogen and oxygen atoms in total. The molecule has 0 saturated heterocycles. The van der Waals surface area contributed by atoms with Crippen molar-refractivity contribution in [3.63, 3.8) is 0 Å². The number of pyridine rings is 1. The molecule has 220 valence electrons. The topological polar surface area (TPSA) is 30.7 Å². The fourth-order valence-corrected chi connectivity index (χ4v) is 6.74. The molecule has 2 aromatic heterocycles. The highest BCUT2D eigenvalue weighted by molar-refractivity contribution is 6.21. The maximum Gasteiger partial charge on any atom is 0.145 e. The van der Waals surface area contributed by atoms with Crippen LogP contribution in [0.5, 0.6) is 0 Å². The van der Waals surface area contributed by atoms with Gasteiger partial charge in [0, 0.05) is 23.0 Å². The molecule has 0 amide bonds. The first-order valence-corrected chi connectivity index (χ1v) is 15.5. The van der Waals surface area contributed by atoms with Crippen molar-refractivity contribution < 1.29 is 6.85 Å². The number of aromatic nitrogens is 3. The van der Waals surface area contributed by atoms with E-state index in [9.17, 15) is 0 Å². The van der Waals surface area contributed by atoms with Gasteiger partial charge >= 0.3 is 0 Å². The van der Waals surface area contributed by atoms with Gasteiger partial charge in [0.05, 0.1) is 23.6 Å². The van der Waals surface area contributed by atoms with Gasteiger partial charge in [-0.15, -0.1) is 0 Å². The molecule has 0 bridgehead atoms. The highest BCUT2D eigenvalue weighted by Gasteiger charge is 2.19. The Hall–Kier alpha value is -6.32. The van der Waals surface area contributed by atoms with E-state index in [1.54, 1.807) is 0 Å². The van der Waals surface area contributed by atoms with Crippen LogP contribution in [0.25, 0.3) is 83.2 Å². The number of hydrogen-bond acceptors (Lipinski definition) is 2. The van der Waals surface area contributed by atoms with E-state index in [1.807, 2.05) is 65.4 Å². The number of benzene rings is 7. The molecule has 0 atom stereocenters. The van der Waals surface area contributed by atoms with E-state index in [1.165, 1.54) is 0 Å². The van der Waals surface area contributed by atoms with Crippen LogP contribution in [0, 0.1) is 0 Å². The average molecular weight is 605 g/mol. The standard InChI is InChI=1S/C44H29N3/c1-2-14-30(15-3-1)44-46-40-25-8-9-26-41(40)47(44)34-19-13-18-33(29-34)43-37-22-6-4-20-35(37)42(36-21-5-7-23-38(36)43)32-17-12-16-31(28-32)39-24-10-11-27-45-39/h1-29H/i1D,2D,3D,14D,15D. The van der Waals surface area contributed by atoms with Gasteiger partial charge in [-0.1, -0.05) is 127 Å². The predicted octanol–water partition coefficient (Wildman–Crippen LogP) is 11.4. The Labute approximate surface area is 280 Å². The number of imidazole rings is 1. The minimum atomic E-state index is -0.436. The number of rotatable bonds is 5. The fourth-order valence-electron chi connectivity index (χ4n) is 6.74. The van der Waals surface area contributed by atoms with Crippen molar-refractivity contribution in [1.82, 2.24) is 14.5 Å². The maximum atomic E-state index is 8.79. The number of hydrogen-bond donors (Lipinski definition) is 0. The molecule has 0 radical (unpaired) electrons. The summed E-state index contributed by atoms with van der Waals surface area (Å²) in [5.41, 5.74) is 8.50. The number of para-hydroxylation sites is 2. The zero-order valence-corrected chi connectivity index (χ0v) is 25.2. The van der Waals surface area contributed by atoms with E-state index >= 15 is 0 Å². The molecule has 47 heavy (non-hydrogen) atoms. The van der Waals surface area contributed by atoms with Crippen molar-refractivity contribution in [1.29, 1.82) is 0 Å². The second kappa shape index (κ2) is 11.2. The van der Waals surface area contributed by atoms with E-state index in [2.05, 4.69) is 89.9 Å². The maximum absolute atomic E-state index is 8.79. The summed E-state index contributed by atoms with van der Waals surface area (Å²) < 4.78 is 44.4. The molecule has 9 rings (SSSR count). The molecule has 0 aliphatic rings. The summed E-state index contributed by atoms with van der Waals surface area (Å²) in [7, 11) is 0. The van der Waals surface area contributed by atoms with Crippen molar-refractivity contribution in [2.75, 3.05) is 0 Å². The first kappa shape index (κ1) is 22.2. The third-order valence-electron chi connectivity index (χ3n) is 8.72. The Morgan fingerprint density at radius 2 is 1.09 bits per heavy atom. The number of fused-ring (bicyclic) bond motifs is 3. The van der Waals surface area contributed by atoms with Gasteiger partial charge in [-0.2, -0.15) is 0 Å². The largest absolute Gasteiger partial charge is 0.292 e. The lowest BCUT2D eigenvalue weighted by Gasteiger charge is -2.19. The van der Waals surface area contributed by atoms with E-state index in [4.69, 9.17) is 11.8 Å². The predicted molar refractivity (Wildman–Crippen MR) is 196 cm³/mol. The molecule has 0 saturated carbocycles. The van der Waals surface area contributed by atoms with E-state index in [-0.39, 0.29) is 23.5 Å². The molecule has 0 fully saturated rings. The molecular formula is C44H29N3. The minimum Gasteiger partial charge on any atom is -0.292 e. The van der Waals surface area contributed by atoms with Crippen molar-refractivity contribution in [3.05, 3.63) is 176 Å². The molecule has 0 aliphatic carbocycles. The lowest BCUT2D eigenvalue weighted by atomic mass is 9.85. The summed E-state index contributed by atoms with van der Waals surface area (Å²) in [6.45, 7) is 0. The molecule has 0 N–H and O–H groups in total. The van der Waals surface area contributed by atoms with Crippen LogP contribution >= 0.6 is 0 Å². The molecule has 3 heteroatoms. The zero-order valence-electron chi connectivity index (χ0n) is 30.2. The SMILES string of the molecule is [2H]c1c([2H])c([2H])c(-c2nc3ccccc3n2-c2cccc(-c3c4ccccc4c(-c4cccc(-c5ccccn5)c4)c4ccccc34)c2)c([2H])c1[2H]. The van der Waals surface area contributed by atoms with Crippen LogP contribution in [0.4, 0.5) is 0 Å². The lowest BCUT2D eigenvalue weighted by Crippen LogP contribution is -1.98. The Balaban J connectivity index is 1.30. The molecule has 7 aromatic carbocycles. The summed E-state index contributed by atoms with van der Waals surface area (Å²) in [4.78, 5) is 9.46. The summed E-state index contributed by atoms with van der Waals surface area (Å²) >= 11 is 0. The molecule has 2 heterocycles. The van der Waals surface area contributed by atoms with Crippen LogP contribution in [-0.2, 0) is 0 Å². The van der Waals surface area contributed by atoms with E-state index in [0.29, 0.717) is 5.52 Å². The summed E-state index contributed by atoms with van der Waals surface area (Å²) in [5, 5.41) is 4.43. The van der Waals surface area contributed by atoms with Crippen LogP contribution < -0.4 is 0 Å². The number of nitrogens with zero attached hydrogens (tertiary/aromatic N) is 3. The Kier molecular flexibility index (Phi) is 5.32. The third kappa shape index (κ3) is 4.60. The van der Waals surface area contributed by atoms with Gasteiger partial charge in [-0.05, 0) is 86.3 Å². The van der Waals surface area contributed by atoms with Crippen LogP contribution in [0.15, 0.2) is 176 Å². The Morgan fingerprint density at radius 1 is 0.489 bits per heavy atom. The quantitative estimate of drug-likeness (QED) is 0.183. The van der Waals surface area contributed by atoms with Crippen LogP contribution in [0.2, 0.25) is 0 Å². The first-order valence-electron chi connectivity index (χ1n) is 18.0. The minimum absolute atomic E-state index is 0.0563. The lowest BCUT2D eigenvalue weighted by molar-refractivity contribution is 1.10. The van der Waals surface area contributed by atoms with Gasteiger partial charge < -0.3 is 0 Å². The van der Waals surface area contributed by atoms with Gasteiger partial charge in [0.2, 0.25) is 0 Å². The molecule has 0 unspecified atom stereocenters. The first-order chi connectivity index (χ1) is 25.4. The molecular weight excluding hydrogens is 571 g/mol. The van der Waals surface area contributed by atoms with Crippen LogP contribution in [0.3, 0.4) is 0 Å². The molecule has 0 spiro atoms. The zero-order chi connectivity index (χ0) is 35.5. The Bertz CT molecular complexity index is 2780. The second-order valence-corrected chi connectivity index (χ2v) is 11.4. The summed E-state index contributed by atoms with van der Waals surface area (Å²) in [6.07, 6.45) is 1.81. The fraction of sp³-hybridized carbons (Fsp3) is 0. The van der Waals surface area contributed by atoms with Crippen molar-refractivity contribution >= 4 is 32.6 Å². The van der Waals surface area contributed by atoms with Gasteiger partial charge in [0.25, 0.3) is 0 Å². The summed E-state index contributed by atoms with van der Waals surface area (Å²) in [5.74, 6) is 0.285. The summed E-state index contributed by atoms with van der Waals surface area (Å²) in [6, 6.07) is 45.4. The van der Waals surface area contributed by atoms with Crippen LogP contribution in [-0.4, -0.2) is 14.5 Å². The smallest absolute Gasteiger partial charge is 0.145 e. The highest BCUT2D eigenvalue weighted by atomic mass is 15.1.